The Morgan fingerprint density at radius 3 is 2.86 bits per heavy atom. The summed E-state index contributed by atoms with van der Waals surface area (Å²) in [6.07, 6.45) is 0. The van der Waals surface area contributed by atoms with Crippen molar-refractivity contribution in [1.29, 1.82) is 0 Å². The first-order valence-electron chi connectivity index (χ1n) is 3.93. The van der Waals surface area contributed by atoms with Crippen LogP contribution in [0.2, 0.25) is 5.02 Å². The highest BCUT2D eigenvalue weighted by Gasteiger charge is 2.05. The van der Waals surface area contributed by atoms with Crippen molar-refractivity contribution in [1.82, 2.24) is 5.32 Å². The summed E-state index contributed by atoms with van der Waals surface area (Å²) in [5.41, 5.74) is 0.338. The molecule has 0 aliphatic heterocycles. The Labute approximate surface area is 95.8 Å². The van der Waals surface area contributed by atoms with Crippen LogP contribution < -0.4 is 5.32 Å². The van der Waals surface area contributed by atoms with Gasteiger partial charge in [0.1, 0.15) is 5.82 Å². The summed E-state index contributed by atoms with van der Waals surface area (Å²) in [7, 11) is 1.78. The summed E-state index contributed by atoms with van der Waals surface area (Å²) in [5.74, 6) is 5.09. The Kier molecular flexibility index (Phi) is 4.40. The van der Waals surface area contributed by atoms with Crippen molar-refractivity contribution in [2.24, 2.45) is 0 Å². The standard InChI is InChI=1S/C10H8BrClFN/c1-14-4-2-3-8-9(11)5-7(12)6-10(8)13/h5-6,14H,4H2,1H3. The van der Waals surface area contributed by atoms with E-state index in [0.717, 1.165) is 0 Å². The van der Waals surface area contributed by atoms with Crippen molar-refractivity contribution in [3.8, 4) is 11.8 Å². The molecule has 4 heteroatoms. The molecule has 0 amide bonds. The minimum Gasteiger partial charge on any atom is -0.309 e. The molecule has 1 aromatic rings. The van der Waals surface area contributed by atoms with Crippen molar-refractivity contribution in [2.75, 3.05) is 13.6 Å². The molecule has 1 aromatic carbocycles. The van der Waals surface area contributed by atoms with Gasteiger partial charge in [-0.25, -0.2) is 4.39 Å². The normalized spacial score (nSPS) is 9.43. The second kappa shape index (κ2) is 5.35. The Bertz CT molecular complexity index is 372. The maximum Gasteiger partial charge on any atom is 0.141 e. The predicted octanol–water partition coefficient (Wildman–Crippen LogP) is 2.81. The average molecular weight is 277 g/mol. The van der Waals surface area contributed by atoms with Crippen molar-refractivity contribution in [2.45, 2.75) is 0 Å². The van der Waals surface area contributed by atoms with Crippen molar-refractivity contribution < 1.29 is 4.39 Å². The van der Waals surface area contributed by atoms with Crippen molar-refractivity contribution in [3.05, 3.63) is 33.0 Å². The topological polar surface area (TPSA) is 12.0 Å². The summed E-state index contributed by atoms with van der Waals surface area (Å²) in [4.78, 5) is 0. The number of rotatable bonds is 1. The van der Waals surface area contributed by atoms with Crippen molar-refractivity contribution >= 4 is 27.5 Å². The van der Waals surface area contributed by atoms with E-state index in [0.29, 0.717) is 21.6 Å². The minimum atomic E-state index is -0.409. The molecule has 0 bridgehead atoms. The van der Waals surface area contributed by atoms with Gasteiger partial charge in [-0.1, -0.05) is 23.4 Å². The van der Waals surface area contributed by atoms with Crippen LogP contribution in [0.15, 0.2) is 16.6 Å². The number of nitrogens with one attached hydrogen (secondary N) is 1. The highest BCUT2D eigenvalue weighted by atomic mass is 79.9. The second-order valence-corrected chi connectivity index (χ2v) is 3.87. The molecular weight excluding hydrogens is 268 g/mol. The summed E-state index contributed by atoms with van der Waals surface area (Å²) < 4.78 is 13.9. The third-order valence-corrected chi connectivity index (χ3v) is 2.33. The molecule has 0 unspecified atom stereocenters. The largest absolute Gasteiger partial charge is 0.309 e. The van der Waals surface area contributed by atoms with Gasteiger partial charge in [0.15, 0.2) is 0 Å². The van der Waals surface area contributed by atoms with Gasteiger partial charge < -0.3 is 5.32 Å². The van der Waals surface area contributed by atoms with Gasteiger partial charge in [0.25, 0.3) is 0 Å². The zero-order valence-corrected chi connectivity index (χ0v) is 9.84. The van der Waals surface area contributed by atoms with Crippen LogP contribution in [-0.2, 0) is 0 Å². The molecule has 1 N–H and O–H groups in total. The quantitative estimate of drug-likeness (QED) is 0.778. The van der Waals surface area contributed by atoms with Crippen LogP contribution in [-0.4, -0.2) is 13.6 Å². The highest BCUT2D eigenvalue weighted by molar-refractivity contribution is 9.10. The Balaban J connectivity index is 3.04. The molecule has 0 aliphatic carbocycles. The lowest BCUT2D eigenvalue weighted by Gasteiger charge is -1.99. The molecule has 0 aromatic heterocycles. The molecule has 1 rings (SSSR count). The molecule has 0 aliphatic rings. The number of halogens is 3. The molecule has 0 atom stereocenters. The lowest BCUT2D eigenvalue weighted by molar-refractivity contribution is 0.623. The van der Waals surface area contributed by atoms with E-state index < -0.39 is 5.82 Å². The van der Waals surface area contributed by atoms with Crippen LogP contribution in [0.3, 0.4) is 0 Å². The molecule has 14 heavy (non-hydrogen) atoms. The van der Waals surface area contributed by atoms with E-state index >= 15 is 0 Å². The highest BCUT2D eigenvalue weighted by Crippen LogP contribution is 2.23. The van der Waals surface area contributed by atoms with Gasteiger partial charge >= 0.3 is 0 Å². The van der Waals surface area contributed by atoms with Gasteiger partial charge in [0.05, 0.1) is 12.1 Å². The number of hydrogen-bond donors (Lipinski definition) is 1. The first-order valence-corrected chi connectivity index (χ1v) is 5.10. The van der Waals surface area contributed by atoms with Crippen LogP contribution in [0.25, 0.3) is 0 Å². The molecule has 0 radical (unpaired) electrons. The molecular formula is C10H8BrClFN. The minimum absolute atomic E-state index is 0.338. The summed E-state index contributed by atoms with van der Waals surface area (Å²) in [6, 6.07) is 2.86. The van der Waals surface area contributed by atoms with Crippen LogP contribution in [0.5, 0.6) is 0 Å². The Morgan fingerprint density at radius 1 is 1.57 bits per heavy atom. The molecule has 0 spiro atoms. The van der Waals surface area contributed by atoms with Crippen LogP contribution in [0, 0.1) is 17.7 Å². The van der Waals surface area contributed by atoms with Gasteiger partial charge in [0, 0.05) is 9.50 Å². The van der Waals surface area contributed by atoms with E-state index in [1.807, 2.05) is 0 Å². The molecule has 74 valence electrons. The molecule has 0 saturated carbocycles. The maximum atomic E-state index is 13.3. The molecule has 0 saturated heterocycles. The van der Waals surface area contributed by atoms with Gasteiger partial charge in [-0.05, 0) is 35.1 Å². The van der Waals surface area contributed by atoms with Gasteiger partial charge in [-0.2, -0.15) is 0 Å². The monoisotopic (exact) mass is 275 g/mol. The van der Waals surface area contributed by atoms with Crippen LogP contribution in [0.4, 0.5) is 4.39 Å². The van der Waals surface area contributed by atoms with E-state index in [9.17, 15) is 4.39 Å². The fourth-order valence-electron chi connectivity index (χ4n) is 0.883. The third-order valence-electron chi connectivity index (χ3n) is 1.49. The van der Waals surface area contributed by atoms with Crippen molar-refractivity contribution in [3.63, 3.8) is 0 Å². The number of hydrogen-bond acceptors (Lipinski definition) is 1. The fourth-order valence-corrected chi connectivity index (χ4v) is 1.75. The Hall–Kier alpha value is -0.560. The summed E-state index contributed by atoms with van der Waals surface area (Å²) in [5, 5.41) is 3.21. The van der Waals surface area contributed by atoms with E-state index in [-0.39, 0.29) is 0 Å². The van der Waals surface area contributed by atoms with Gasteiger partial charge in [-0.15, -0.1) is 0 Å². The van der Waals surface area contributed by atoms with E-state index in [1.165, 1.54) is 6.07 Å². The third kappa shape index (κ3) is 2.98. The second-order valence-electron chi connectivity index (χ2n) is 2.58. The zero-order chi connectivity index (χ0) is 10.6. The lowest BCUT2D eigenvalue weighted by Crippen LogP contribution is -2.04. The van der Waals surface area contributed by atoms with Crippen LogP contribution in [0.1, 0.15) is 5.56 Å². The van der Waals surface area contributed by atoms with Gasteiger partial charge in [0.2, 0.25) is 0 Å². The smallest absolute Gasteiger partial charge is 0.141 e. The molecule has 0 fully saturated rings. The first-order chi connectivity index (χ1) is 6.65. The maximum absolute atomic E-state index is 13.3. The molecule has 1 nitrogen and oxygen atoms in total. The molecule has 0 heterocycles. The predicted molar refractivity (Wildman–Crippen MR) is 59.9 cm³/mol. The summed E-state index contributed by atoms with van der Waals surface area (Å²) >= 11 is 8.86. The fraction of sp³-hybridized carbons (Fsp3) is 0.200. The van der Waals surface area contributed by atoms with E-state index in [1.54, 1.807) is 13.1 Å². The Morgan fingerprint density at radius 2 is 2.29 bits per heavy atom. The first kappa shape index (κ1) is 11.5. The van der Waals surface area contributed by atoms with E-state index in [4.69, 9.17) is 11.6 Å². The van der Waals surface area contributed by atoms with E-state index in [2.05, 4.69) is 33.1 Å². The zero-order valence-electron chi connectivity index (χ0n) is 7.50. The van der Waals surface area contributed by atoms with Crippen LogP contribution >= 0.6 is 27.5 Å². The number of benzene rings is 1. The average Bonchev–Trinajstić information content (AvgIpc) is 2.09. The summed E-state index contributed by atoms with van der Waals surface area (Å²) in [6.45, 7) is 0.522. The SMILES string of the molecule is CNCC#Cc1c(F)cc(Cl)cc1Br. The van der Waals surface area contributed by atoms with Gasteiger partial charge in [-0.3, -0.25) is 0 Å². The lowest BCUT2D eigenvalue weighted by atomic mass is 10.2.